The monoisotopic (exact) mass is 258 g/mol. The smallest absolute Gasteiger partial charge is 0.236 e. The van der Waals surface area contributed by atoms with E-state index in [9.17, 15) is 4.79 Å². The molecule has 17 heavy (non-hydrogen) atoms. The molecule has 1 atom stereocenters. The Bertz CT molecular complexity index is 410. The number of fused-ring (bicyclic) bond motifs is 1. The Balaban J connectivity index is 0.00000144. The van der Waals surface area contributed by atoms with Gasteiger partial charge < -0.3 is 20.5 Å². The summed E-state index contributed by atoms with van der Waals surface area (Å²) in [6, 6.07) is 5.07. The second-order valence-electron chi connectivity index (χ2n) is 3.66. The maximum atomic E-state index is 11.3. The summed E-state index contributed by atoms with van der Waals surface area (Å²) in [6.45, 7) is 2.27. The summed E-state index contributed by atoms with van der Waals surface area (Å²) < 4.78 is 10.6. The molecule has 1 aliphatic heterocycles. The van der Waals surface area contributed by atoms with E-state index in [0.717, 1.165) is 5.56 Å². The number of carbonyl (C=O) groups excluding carboxylic acids is 1. The number of rotatable bonds is 3. The van der Waals surface area contributed by atoms with Crippen LogP contribution in [0.4, 0.5) is 0 Å². The molecule has 2 rings (SSSR count). The van der Waals surface area contributed by atoms with Crippen molar-refractivity contribution in [3.05, 3.63) is 23.8 Å². The Kier molecular flexibility index (Phi) is 4.60. The Hall–Kier alpha value is -1.46. The van der Waals surface area contributed by atoms with E-state index >= 15 is 0 Å². The molecule has 1 aromatic carbocycles. The molecule has 3 N–H and O–H groups in total. The van der Waals surface area contributed by atoms with E-state index in [2.05, 4.69) is 5.32 Å². The second kappa shape index (κ2) is 5.75. The van der Waals surface area contributed by atoms with Crippen LogP contribution in [-0.4, -0.2) is 18.7 Å². The second-order valence-corrected chi connectivity index (χ2v) is 3.66. The molecular weight excluding hydrogens is 244 g/mol. The number of nitrogens with one attached hydrogen (secondary N) is 1. The van der Waals surface area contributed by atoms with Crippen molar-refractivity contribution in [3.63, 3.8) is 0 Å². The number of nitrogens with two attached hydrogens (primary N) is 1. The van der Waals surface area contributed by atoms with Crippen molar-refractivity contribution in [2.24, 2.45) is 5.73 Å². The number of carbonyl (C=O) groups is 1. The van der Waals surface area contributed by atoms with E-state index in [1.54, 1.807) is 6.92 Å². The zero-order valence-electron chi connectivity index (χ0n) is 9.43. The van der Waals surface area contributed by atoms with Crippen LogP contribution in [0, 0.1) is 0 Å². The summed E-state index contributed by atoms with van der Waals surface area (Å²) in [5.41, 5.74) is 6.34. The van der Waals surface area contributed by atoms with Crippen LogP contribution in [0.1, 0.15) is 12.5 Å². The molecule has 0 saturated carbocycles. The van der Waals surface area contributed by atoms with Gasteiger partial charge in [-0.05, 0) is 13.0 Å². The summed E-state index contributed by atoms with van der Waals surface area (Å²) in [7, 11) is 0. The minimum absolute atomic E-state index is 0. The summed E-state index contributed by atoms with van der Waals surface area (Å²) in [5, 5.41) is 2.73. The van der Waals surface area contributed by atoms with E-state index < -0.39 is 6.04 Å². The quantitative estimate of drug-likeness (QED) is 0.841. The Morgan fingerprint density at radius 1 is 1.53 bits per heavy atom. The zero-order chi connectivity index (χ0) is 11.5. The van der Waals surface area contributed by atoms with Crippen LogP contribution in [0.5, 0.6) is 11.5 Å². The van der Waals surface area contributed by atoms with Crippen molar-refractivity contribution in [1.82, 2.24) is 5.32 Å². The van der Waals surface area contributed by atoms with Gasteiger partial charge >= 0.3 is 0 Å². The Morgan fingerprint density at radius 2 is 2.29 bits per heavy atom. The van der Waals surface area contributed by atoms with Crippen molar-refractivity contribution < 1.29 is 14.3 Å². The Morgan fingerprint density at radius 3 is 3.00 bits per heavy atom. The SMILES string of the molecule is C[C@@H](N)C(=O)NCc1cccc2c1OCO2.Cl. The summed E-state index contributed by atoms with van der Waals surface area (Å²) >= 11 is 0. The third-order valence-corrected chi connectivity index (χ3v) is 2.34. The molecule has 94 valence electrons. The normalized spacial score (nSPS) is 13.8. The summed E-state index contributed by atoms with van der Waals surface area (Å²) in [4.78, 5) is 11.3. The highest BCUT2D eigenvalue weighted by Gasteiger charge is 2.17. The highest BCUT2D eigenvalue weighted by molar-refractivity contribution is 5.85. The highest BCUT2D eigenvalue weighted by atomic mass is 35.5. The molecule has 5 nitrogen and oxygen atoms in total. The first-order valence-electron chi connectivity index (χ1n) is 5.09. The average molecular weight is 259 g/mol. The predicted molar refractivity (Wildman–Crippen MR) is 65.3 cm³/mol. The number of para-hydroxylation sites is 1. The van der Waals surface area contributed by atoms with Gasteiger partial charge in [0.2, 0.25) is 12.7 Å². The van der Waals surface area contributed by atoms with E-state index in [0.29, 0.717) is 18.0 Å². The molecule has 0 unspecified atom stereocenters. The van der Waals surface area contributed by atoms with Crippen LogP contribution in [0.2, 0.25) is 0 Å². The number of amides is 1. The summed E-state index contributed by atoms with van der Waals surface area (Å²) in [6.07, 6.45) is 0. The van der Waals surface area contributed by atoms with Crippen LogP contribution >= 0.6 is 12.4 Å². The average Bonchev–Trinajstić information content (AvgIpc) is 2.73. The fourth-order valence-electron chi connectivity index (χ4n) is 1.47. The molecule has 6 heteroatoms. The maximum absolute atomic E-state index is 11.3. The largest absolute Gasteiger partial charge is 0.454 e. The summed E-state index contributed by atoms with van der Waals surface area (Å²) in [5.74, 6) is 1.23. The fraction of sp³-hybridized carbons (Fsp3) is 0.364. The van der Waals surface area contributed by atoms with Crippen molar-refractivity contribution in [1.29, 1.82) is 0 Å². The lowest BCUT2D eigenvalue weighted by Crippen LogP contribution is -2.37. The van der Waals surface area contributed by atoms with Gasteiger partial charge in [0, 0.05) is 12.1 Å². The van der Waals surface area contributed by atoms with E-state index in [1.165, 1.54) is 0 Å². The van der Waals surface area contributed by atoms with E-state index in [1.807, 2.05) is 18.2 Å². The van der Waals surface area contributed by atoms with Gasteiger partial charge in [-0.2, -0.15) is 0 Å². The number of halogens is 1. The van der Waals surface area contributed by atoms with Crippen molar-refractivity contribution >= 4 is 18.3 Å². The molecule has 0 fully saturated rings. The number of hydrogen-bond donors (Lipinski definition) is 2. The van der Waals surface area contributed by atoms with E-state index in [4.69, 9.17) is 15.2 Å². The van der Waals surface area contributed by atoms with Gasteiger partial charge in [0.1, 0.15) is 0 Å². The van der Waals surface area contributed by atoms with Gasteiger partial charge in [-0.25, -0.2) is 0 Å². The molecule has 1 amide bonds. The third kappa shape index (κ3) is 3.01. The lowest BCUT2D eigenvalue weighted by atomic mass is 10.2. The molecule has 1 heterocycles. The van der Waals surface area contributed by atoms with Crippen LogP contribution in [0.3, 0.4) is 0 Å². The van der Waals surface area contributed by atoms with Gasteiger partial charge in [-0.1, -0.05) is 12.1 Å². The van der Waals surface area contributed by atoms with Gasteiger partial charge in [0.05, 0.1) is 6.04 Å². The predicted octanol–water partition coefficient (Wildman–Crippen LogP) is 0.800. The number of benzene rings is 1. The molecule has 1 aromatic rings. The molecule has 0 aromatic heterocycles. The molecule has 0 bridgehead atoms. The fourth-order valence-corrected chi connectivity index (χ4v) is 1.47. The van der Waals surface area contributed by atoms with Gasteiger partial charge in [-0.15, -0.1) is 12.4 Å². The Labute approximate surface area is 106 Å². The van der Waals surface area contributed by atoms with Gasteiger partial charge in [-0.3, -0.25) is 4.79 Å². The van der Waals surface area contributed by atoms with Crippen LogP contribution in [0.15, 0.2) is 18.2 Å². The lowest BCUT2D eigenvalue weighted by Gasteiger charge is -2.09. The van der Waals surface area contributed by atoms with Crippen LogP contribution in [-0.2, 0) is 11.3 Å². The molecular formula is C11H15ClN2O3. The van der Waals surface area contributed by atoms with Crippen molar-refractivity contribution in [2.45, 2.75) is 19.5 Å². The van der Waals surface area contributed by atoms with Crippen LogP contribution in [0.25, 0.3) is 0 Å². The third-order valence-electron chi connectivity index (χ3n) is 2.34. The van der Waals surface area contributed by atoms with Crippen molar-refractivity contribution in [3.8, 4) is 11.5 Å². The molecule has 0 saturated heterocycles. The standard InChI is InChI=1S/C11H14N2O3.ClH/c1-7(12)11(14)13-5-8-3-2-4-9-10(8)16-6-15-9;/h2-4,7H,5-6,12H2,1H3,(H,13,14);1H/t7-;/m1./s1. The molecule has 0 spiro atoms. The zero-order valence-corrected chi connectivity index (χ0v) is 10.3. The lowest BCUT2D eigenvalue weighted by molar-refractivity contribution is -0.122. The topological polar surface area (TPSA) is 73.6 Å². The van der Waals surface area contributed by atoms with Gasteiger partial charge in [0.25, 0.3) is 0 Å². The number of ether oxygens (including phenoxy) is 2. The first-order chi connectivity index (χ1) is 7.68. The molecule has 1 aliphatic rings. The molecule has 0 aliphatic carbocycles. The number of hydrogen-bond acceptors (Lipinski definition) is 4. The van der Waals surface area contributed by atoms with E-state index in [-0.39, 0.29) is 25.1 Å². The highest BCUT2D eigenvalue weighted by Crippen LogP contribution is 2.35. The van der Waals surface area contributed by atoms with Crippen LogP contribution < -0.4 is 20.5 Å². The minimum Gasteiger partial charge on any atom is -0.454 e. The van der Waals surface area contributed by atoms with Gasteiger partial charge in [0.15, 0.2) is 11.5 Å². The first-order valence-corrected chi connectivity index (χ1v) is 5.09. The van der Waals surface area contributed by atoms with Crippen molar-refractivity contribution in [2.75, 3.05) is 6.79 Å². The first kappa shape index (κ1) is 13.6. The maximum Gasteiger partial charge on any atom is 0.236 e. The molecule has 0 radical (unpaired) electrons. The minimum atomic E-state index is -0.506.